The molecular weight excluding hydrogens is 244 g/mol. The van der Waals surface area contributed by atoms with Gasteiger partial charge < -0.3 is 10.4 Å². The number of nitrogens with one attached hydrogen (secondary N) is 1. The number of nitrogens with zero attached hydrogens (tertiary/aromatic N) is 1. The number of carboxylic acid groups (broad SMARTS) is 1. The number of aromatic nitrogens is 1. The molecule has 0 radical (unpaired) electrons. The first kappa shape index (κ1) is 11.6. The van der Waals surface area contributed by atoms with Gasteiger partial charge in [-0.3, -0.25) is 9.78 Å². The molecule has 1 aromatic carbocycles. The van der Waals surface area contributed by atoms with E-state index in [1.165, 1.54) is 6.20 Å². The molecule has 0 atom stereocenters. The van der Waals surface area contributed by atoms with Crippen LogP contribution < -0.4 is 5.32 Å². The van der Waals surface area contributed by atoms with E-state index in [2.05, 4.69) is 10.3 Å². The minimum absolute atomic E-state index is 0.381. The van der Waals surface area contributed by atoms with E-state index < -0.39 is 17.4 Å². The summed E-state index contributed by atoms with van der Waals surface area (Å²) in [5.74, 6) is -1.37. The normalized spacial score (nSPS) is 16.0. The molecule has 0 spiro atoms. The van der Waals surface area contributed by atoms with Crippen LogP contribution >= 0.6 is 0 Å². The van der Waals surface area contributed by atoms with Crippen LogP contribution in [-0.4, -0.2) is 27.5 Å². The Bertz CT molecular complexity index is 677. The number of amides is 1. The van der Waals surface area contributed by atoms with Gasteiger partial charge in [0.2, 0.25) is 0 Å². The summed E-state index contributed by atoms with van der Waals surface area (Å²) < 4.78 is 0. The van der Waals surface area contributed by atoms with E-state index in [0.717, 1.165) is 10.9 Å². The van der Waals surface area contributed by atoms with Gasteiger partial charge in [0.1, 0.15) is 5.54 Å². The SMILES string of the molecule is O=C(NC1(C(=O)O)CC1)c1cnc2ccccc2c1. The zero-order valence-corrected chi connectivity index (χ0v) is 10.1. The topological polar surface area (TPSA) is 79.3 Å². The fraction of sp³-hybridized carbons (Fsp3) is 0.214. The summed E-state index contributed by atoms with van der Waals surface area (Å²) in [4.78, 5) is 27.3. The lowest BCUT2D eigenvalue weighted by molar-refractivity contribution is -0.140. The minimum atomic E-state index is -1.07. The molecule has 1 amide bonds. The van der Waals surface area contributed by atoms with Crippen molar-refractivity contribution in [3.63, 3.8) is 0 Å². The quantitative estimate of drug-likeness (QED) is 0.873. The molecule has 0 aliphatic heterocycles. The molecule has 1 aliphatic carbocycles. The van der Waals surface area contributed by atoms with Gasteiger partial charge in [0.05, 0.1) is 11.1 Å². The summed E-state index contributed by atoms with van der Waals surface area (Å²) in [5, 5.41) is 12.5. The molecule has 96 valence electrons. The van der Waals surface area contributed by atoms with Crippen LogP contribution in [0.2, 0.25) is 0 Å². The van der Waals surface area contributed by atoms with Crippen LogP contribution in [0.3, 0.4) is 0 Å². The molecule has 1 saturated carbocycles. The highest BCUT2D eigenvalue weighted by molar-refractivity contribution is 6.00. The number of para-hydroxylation sites is 1. The zero-order chi connectivity index (χ0) is 13.5. The van der Waals surface area contributed by atoms with Crippen molar-refractivity contribution >= 4 is 22.8 Å². The van der Waals surface area contributed by atoms with Crippen LogP contribution in [0.4, 0.5) is 0 Å². The fourth-order valence-corrected chi connectivity index (χ4v) is 2.00. The third-order valence-electron chi connectivity index (χ3n) is 3.36. The van der Waals surface area contributed by atoms with Crippen LogP contribution in [0.5, 0.6) is 0 Å². The van der Waals surface area contributed by atoms with Crippen molar-refractivity contribution in [2.24, 2.45) is 0 Å². The van der Waals surface area contributed by atoms with Crippen LogP contribution in [0, 0.1) is 0 Å². The molecule has 5 heteroatoms. The maximum Gasteiger partial charge on any atom is 0.329 e. The average Bonchev–Trinajstić information content (AvgIpc) is 3.19. The highest BCUT2D eigenvalue weighted by Gasteiger charge is 2.51. The molecule has 5 nitrogen and oxygen atoms in total. The third-order valence-corrected chi connectivity index (χ3v) is 3.36. The summed E-state index contributed by atoms with van der Waals surface area (Å²) in [6.45, 7) is 0. The number of carbonyl (C=O) groups excluding carboxylic acids is 1. The van der Waals surface area contributed by atoms with Crippen LogP contribution in [0.1, 0.15) is 23.2 Å². The van der Waals surface area contributed by atoms with E-state index in [4.69, 9.17) is 5.11 Å². The van der Waals surface area contributed by atoms with Gasteiger partial charge in [-0.25, -0.2) is 4.79 Å². The van der Waals surface area contributed by atoms with Crippen LogP contribution in [0.25, 0.3) is 10.9 Å². The van der Waals surface area contributed by atoms with Crippen molar-refractivity contribution in [1.29, 1.82) is 0 Å². The van der Waals surface area contributed by atoms with E-state index in [0.29, 0.717) is 18.4 Å². The number of aliphatic carboxylic acids is 1. The molecule has 3 rings (SSSR count). The van der Waals surface area contributed by atoms with Crippen molar-refractivity contribution < 1.29 is 14.7 Å². The number of hydrogen-bond donors (Lipinski definition) is 2. The molecule has 0 bridgehead atoms. The standard InChI is InChI=1S/C14H12N2O3/c17-12(16-14(5-6-14)13(18)19)10-7-9-3-1-2-4-11(9)15-8-10/h1-4,7-8H,5-6H2,(H,16,17)(H,18,19). The van der Waals surface area contributed by atoms with Crippen molar-refractivity contribution in [3.05, 3.63) is 42.1 Å². The number of pyridine rings is 1. The van der Waals surface area contributed by atoms with Gasteiger partial charge in [-0.05, 0) is 25.0 Å². The Morgan fingerprint density at radius 3 is 2.68 bits per heavy atom. The number of rotatable bonds is 3. The lowest BCUT2D eigenvalue weighted by Gasteiger charge is -2.12. The Labute approximate surface area is 109 Å². The van der Waals surface area contributed by atoms with Gasteiger partial charge in [-0.1, -0.05) is 18.2 Å². The van der Waals surface area contributed by atoms with Crippen LogP contribution in [-0.2, 0) is 4.79 Å². The molecule has 0 saturated heterocycles. The van der Waals surface area contributed by atoms with Gasteiger partial charge in [-0.15, -0.1) is 0 Å². The van der Waals surface area contributed by atoms with Gasteiger partial charge in [0, 0.05) is 11.6 Å². The van der Waals surface area contributed by atoms with E-state index in [1.807, 2.05) is 24.3 Å². The van der Waals surface area contributed by atoms with E-state index in [1.54, 1.807) is 6.07 Å². The summed E-state index contributed by atoms with van der Waals surface area (Å²) in [6.07, 6.45) is 2.43. The second-order valence-electron chi connectivity index (χ2n) is 4.76. The summed E-state index contributed by atoms with van der Waals surface area (Å²) >= 11 is 0. The molecule has 2 aromatic rings. The summed E-state index contributed by atoms with van der Waals surface area (Å²) in [6, 6.07) is 9.18. The smallest absolute Gasteiger partial charge is 0.329 e. The first-order chi connectivity index (χ1) is 9.11. The number of carbonyl (C=O) groups is 2. The Hall–Kier alpha value is -2.43. The predicted octanol–water partition coefficient (Wildman–Crippen LogP) is 1.58. The summed E-state index contributed by atoms with van der Waals surface area (Å²) in [5.41, 5.74) is 0.118. The van der Waals surface area contributed by atoms with Crippen molar-refractivity contribution in [3.8, 4) is 0 Å². The second-order valence-corrected chi connectivity index (χ2v) is 4.76. The highest BCUT2D eigenvalue weighted by Crippen LogP contribution is 2.35. The Kier molecular flexibility index (Phi) is 2.48. The predicted molar refractivity (Wildman–Crippen MR) is 68.8 cm³/mol. The largest absolute Gasteiger partial charge is 0.480 e. The monoisotopic (exact) mass is 256 g/mol. The lowest BCUT2D eigenvalue weighted by atomic mass is 10.1. The van der Waals surface area contributed by atoms with Gasteiger partial charge in [0.15, 0.2) is 0 Å². The van der Waals surface area contributed by atoms with Crippen molar-refractivity contribution in [1.82, 2.24) is 10.3 Å². The molecule has 1 fully saturated rings. The van der Waals surface area contributed by atoms with Gasteiger partial charge in [-0.2, -0.15) is 0 Å². The maximum absolute atomic E-state index is 12.0. The number of fused-ring (bicyclic) bond motifs is 1. The molecular formula is C14H12N2O3. The van der Waals surface area contributed by atoms with E-state index in [9.17, 15) is 9.59 Å². The molecule has 19 heavy (non-hydrogen) atoms. The average molecular weight is 256 g/mol. The van der Waals surface area contributed by atoms with E-state index >= 15 is 0 Å². The maximum atomic E-state index is 12.0. The minimum Gasteiger partial charge on any atom is -0.480 e. The molecule has 1 aromatic heterocycles. The second kappa shape index (κ2) is 4.05. The zero-order valence-electron chi connectivity index (χ0n) is 10.1. The molecule has 0 unspecified atom stereocenters. The lowest BCUT2D eigenvalue weighted by Crippen LogP contribution is -2.43. The molecule has 2 N–H and O–H groups in total. The van der Waals surface area contributed by atoms with Crippen molar-refractivity contribution in [2.75, 3.05) is 0 Å². The van der Waals surface area contributed by atoms with Crippen LogP contribution in [0.15, 0.2) is 36.5 Å². The fourth-order valence-electron chi connectivity index (χ4n) is 2.00. The first-order valence-electron chi connectivity index (χ1n) is 6.01. The Balaban J connectivity index is 1.88. The molecule has 1 heterocycles. The number of carboxylic acids is 1. The first-order valence-corrected chi connectivity index (χ1v) is 6.01. The number of hydrogen-bond acceptors (Lipinski definition) is 3. The van der Waals surface area contributed by atoms with Gasteiger partial charge >= 0.3 is 5.97 Å². The summed E-state index contributed by atoms with van der Waals surface area (Å²) in [7, 11) is 0. The van der Waals surface area contributed by atoms with Gasteiger partial charge in [0.25, 0.3) is 5.91 Å². The highest BCUT2D eigenvalue weighted by atomic mass is 16.4. The third kappa shape index (κ3) is 2.03. The number of benzene rings is 1. The molecule has 1 aliphatic rings. The van der Waals surface area contributed by atoms with E-state index in [-0.39, 0.29) is 0 Å². The van der Waals surface area contributed by atoms with Crippen molar-refractivity contribution in [2.45, 2.75) is 18.4 Å². The Morgan fingerprint density at radius 2 is 2.00 bits per heavy atom. The Morgan fingerprint density at radius 1 is 1.26 bits per heavy atom.